The Labute approximate surface area is 111 Å². The number of aliphatic carboxylic acids is 1. The minimum absolute atomic E-state index is 0.0465. The average molecular weight is 280 g/mol. The predicted octanol–water partition coefficient (Wildman–Crippen LogP) is 2.62. The molecule has 0 aliphatic rings. The van der Waals surface area contributed by atoms with E-state index in [0.717, 1.165) is 12.8 Å². The molecule has 1 N–H and O–H groups in total. The molecule has 0 radical (unpaired) electrons. The van der Waals surface area contributed by atoms with Crippen molar-refractivity contribution in [2.24, 2.45) is 0 Å². The summed E-state index contributed by atoms with van der Waals surface area (Å²) in [6.07, 6.45) is 1.88. The fraction of sp³-hybridized carbons (Fsp3) is 0.818. The van der Waals surface area contributed by atoms with E-state index in [-0.39, 0.29) is 21.6 Å². The molecule has 0 saturated carbocycles. The van der Waals surface area contributed by atoms with Gasteiger partial charge in [-0.3, -0.25) is 9.59 Å². The second-order valence-electron chi connectivity index (χ2n) is 3.94. The van der Waals surface area contributed by atoms with Gasteiger partial charge in [0.15, 0.2) is 0 Å². The number of ether oxygens (including phenoxy) is 1. The maximum atomic E-state index is 11.3. The number of thioether (sulfide) groups is 2. The van der Waals surface area contributed by atoms with Crippen LogP contribution in [0.1, 0.15) is 33.6 Å². The van der Waals surface area contributed by atoms with Gasteiger partial charge in [0.1, 0.15) is 0 Å². The Balaban J connectivity index is 3.76. The quantitative estimate of drug-likeness (QED) is 0.398. The van der Waals surface area contributed by atoms with Gasteiger partial charge < -0.3 is 9.84 Å². The fourth-order valence-electron chi connectivity index (χ4n) is 0.882. The molecule has 0 aliphatic carbocycles. The summed E-state index contributed by atoms with van der Waals surface area (Å²) in [5.74, 6) is -0.754. The van der Waals surface area contributed by atoms with Gasteiger partial charge in [-0.05, 0) is 20.3 Å². The van der Waals surface area contributed by atoms with Crippen LogP contribution in [0.3, 0.4) is 0 Å². The molecular formula is C11H20O4S2. The summed E-state index contributed by atoms with van der Waals surface area (Å²) in [6.45, 7) is 6.32. The topological polar surface area (TPSA) is 63.6 Å². The maximum absolute atomic E-state index is 11.3. The van der Waals surface area contributed by atoms with Crippen molar-refractivity contribution in [3.05, 3.63) is 0 Å². The first-order valence-corrected chi connectivity index (χ1v) is 7.50. The molecule has 0 rings (SSSR count). The van der Waals surface area contributed by atoms with Crippen LogP contribution in [0.25, 0.3) is 0 Å². The van der Waals surface area contributed by atoms with Crippen molar-refractivity contribution in [3.8, 4) is 0 Å². The van der Waals surface area contributed by atoms with E-state index < -0.39 is 5.97 Å². The van der Waals surface area contributed by atoms with Crippen molar-refractivity contribution in [3.63, 3.8) is 0 Å². The lowest BCUT2D eigenvalue weighted by Crippen LogP contribution is -2.17. The molecule has 0 aromatic heterocycles. The highest BCUT2D eigenvalue weighted by atomic mass is 32.2. The molecular weight excluding hydrogens is 260 g/mol. The van der Waals surface area contributed by atoms with Crippen LogP contribution in [0.4, 0.5) is 0 Å². The minimum Gasteiger partial charge on any atom is -0.481 e. The van der Waals surface area contributed by atoms with Crippen LogP contribution in [-0.2, 0) is 14.3 Å². The van der Waals surface area contributed by atoms with Crippen LogP contribution in [-0.4, -0.2) is 39.2 Å². The highest BCUT2D eigenvalue weighted by Crippen LogP contribution is 2.36. The van der Waals surface area contributed by atoms with Crippen molar-refractivity contribution in [1.29, 1.82) is 0 Å². The molecule has 17 heavy (non-hydrogen) atoms. The van der Waals surface area contributed by atoms with Crippen molar-refractivity contribution in [1.82, 2.24) is 0 Å². The second kappa shape index (κ2) is 8.69. The first-order chi connectivity index (χ1) is 7.87. The third-order valence-electron chi connectivity index (χ3n) is 1.84. The summed E-state index contributed by atoms with van der Waals surface area (Å²) in [7, 11) is 0. The van der Waals surface area contributed by atoms with E-state index in [9.17, 15) is 9.59 Å². The number of carboxylic acid groups (broad SMARTS) is 1. The van der Waals surface area contributed by atoms with Gasteiger partial charge in [-0.15, -0.1) is 23.5 Å². The van der Waals surface area contributed by atoms with E-state index >= 15 is 0 Å². The molecule has 4 nitrogen and oxygen atoms in total. The number of rotatable bonds is 9. The normalized spacial score (nSPS) is 11.2. The van der Waals surface area contributed by atoms with Crippen LogP contribution >= 0.6 is 23.5 Å². The summed E-state index contributed by atoms with van der Waals surface area (Å²) in [5, 5.41) is 8.58. The Kier molecular flexibility index (Phi) is 8.51. The Morgan fingerprint density at radius 2 is 1.82 bits per heavy atom. The molecule has 6 heteroatoms. The summed E-state index contributed by atoms with van der Waals surface area (Å²) < 4.78 is 4.73. The van der Waals surface area contributed by atoms with Crippen molar-refractivity contribution >= 4 is 35.5 Å². The standard InChI is InChI=1S/C11H20O4S2/c1-4-5-6-15-10(14)8-17-11(2,3)16-7-9(12)13/h4-8H2,1-3H3,(H,12,13). The highest BCUT2D eigenvalue weighted by molar-refractivity contribution is 8.18. The molecule has 0 aromatic carbocycles. The van der Waals surface area contributed by atoms with Gasteiger partial charge in [-0.1, -0.05) is 13.3 Å². The molecule has 0 heterocycles. The Morgan fingerprint density at radius 3 is 2.35 bits per heavy atom. The summed E-state index contributed by atoms with van der Waals surface area (Å²) in [5.41, 5.74) is 0. The third-order valence-corrected chi connectivity index (χ3v) is 4.71. The van der Waals surface area contributed by atoms with Crippen LogP contribution in [0, 0.1) is 0 Å². The summed E-state index contributed by atoms with van der Waals surface area (Å²) in [4.78, 5) is 21.8. The fourth-order valence-corrected chi connectivity index (χ4v) is 2.59. The average Bonchev–Trinajstić information content (AvgIpc) is 2.25. The molecule has 0 bridgehead atoms. The van der Waals surface area contributed by atoms with E-state index in [0.29, 0.717) is 6.61 Å². The Morgan fingerprint density at radius 1 is 1.24 bits per heavy atom. The summed E-state index contributed by atoms with van der Waals surface area (Å²) >= 11 is 2.72. The zero-order valence-corrected chi connectivity index (χ0v) is 12.2. The number of hydrogen-bond donors (Lipinski definition) is 1. The maximum Gasteiger partial charge on any atom is 0.315 e. The van der Waals surface area contributed by atoms with Crippen molar-refractivity contribution in [2.75, 3.05) is 18.1 Å². The summed E-state index contributed by atoms with van der Waals surface area (Å²) in [6, 6.07) is 0. The lowest BCUT2D eigenvalue weighted by Gasteiger charge is -2.21. The van der Waals surface area contributed by atoms with Gasteiger partial charge in [0.2, 0.25) is 0 Å². The lowest BCUT2D eigenvalue weighted by atomic mass is 10.4. The molecule has 0 unspecified atom stereocenters. The van der Waals surface area contributed by atoms with Crippen LogP contribution in [0.2, 0.25) is 0 Å². The van der Waals surface area contributed by atoms with Gasteiger partial charge in [-0.25, -0.2) is 0 Å². The molecule has 100 valence electrons. The van der Waals surface area contributed by atoms with Gasteiger partial charge in [-0.2, -0.15) is 0 Å². The van der Waals surface area contributed by atoms with Gasteiger partial charge >= 0.3 is 11.9 Å². The van der Waals surface area contributed by atoms with Crippen molar-refractivity contribution < 1.29 is 19.4 Å². The molecule has 0 aliphatic heterocycles. The highest BCUT2D eigenvalue weighted by Gasteiger charge is 2.22. The second-order valence-corrected chi connectivity index (χ2v) is 7.40. The Hall–Kier alpha value is -0.360. The molecule has 0 aromatic rings. The molecule has 0 saturated heterocycles. The molecule has 0 fully saturated rings. The van der Waals surface area contributed by atoms with Crippen molar-refractivity contribution in [2.45, 2.75) is 37.7 Å². The first-order valence-electron chi connectivity index (χ1n) is 5.52. The minimum atomic E-state index is -0.839. The van der Waals surface area contributed by atoms with Gasteiger partial charge in [0.05, 0.1) is 22.2 Å². The smallest absolute Gasteiger partial charge is 0.315 e. The predicted molar refractivity (Wildman–Crippen MR) is 72.5 cm³/mol. The number of hydrogen-bond acceptors (Lipinski definition) is 5. The first kappa shape index (κ1) is 16.6. The van der Waals surface area contributed by atoms with E-state index in [1.165, 1.54) is 23.5 Å². The van der Waals surface area contributed by atoms with Crippen LogP contribution < -0.4 is 0 Å². The van der Waals surface area contributed by atoms with E-state index in [2.05, 4.69) is 0 Å². The number of carbonyl (C=O) groups is 2. The number of carboxylic acids is 1. The monoisotopic (exact) mass is 280 g/mol. The SMILES string of the molecule is CCCCOC(=O)CSC(C)(C)SCC(=O)O. The zero-order chi connectivity index (χ0) is 13.3. The van der Waals surface area contributed by atoms with Gasteiger partial charge in [0.25, 0.3) is 0 Å². The van der Waals surface area contributed by atoms with E-state index in [1.807, 2.05) is 20.8 Å². The number of carbonyl (C=O) groups excluding carboxylic acids is 1. The number of esters is 1. The van der Waals surface area contributed by atoms with Gasteiger partial charge in [0, 0.05) is 0 Å². The van der Waals surface area contributed by atoms with Crippen LogP contribution in [0.5, 0.6) is 0 Å². The molecule has 0 atom stereocenters. The van der Waals surface area contributed by atoms with Crippen LogP contribution in [0.15, 0.2) is 0 Å². The lowest BCUT2D eigenvalue weighted by molar-refractivity contribution is -0.140. The zero-order valence-electron chi connectivity index (χ0n) is 10.5. The third kappa shape index (κ3) is 10.5. The number of unbranched alkanes of at least 4 members (excludes halogenated alkanes) is 1. The molecule has 0 amide bonds. The van der Waals surface area contributed by atoms with E-state index in [1.54, 1.807) is 0 Å². The largest absolute Gasteiger partial charge is 0.481 e. The van der Waals surface area contributed by atoms with E-state index in [4.69, 9.17) is 9.84 Å². The molecule has 0 spiro atoms. The Bertz CT molecular complexity index is 254.